The fourth-order valence-electron chi connectivity index (χ4n) is 3.99. The minimum Gasteiger partial charge on any atom is -0.493 e. The van der Waals surface area contributed by atoms with Gasteiger partial charge in [-0.15, -0.1) is 0 Å². The van der Waals surface area contributed by atoms with Crippen LogP contribution in [0.4, 0.5) is 0 Å². The van der Waals surface area contributed by atoms with Gasteiger partial charge in [0.2, 0.25) is 0 Å². The van der Waals surface area contributed by atoms with Crippen molar-refractivity contribution in [3.8, 4) is 5.75 Å². The van der Waals surface area contributed by atoms with Crippen LogP contribution < -0.4 is 4.74 Å². The van der Waals surface area contributed by atoms with Crippen LogP contribution in [0.2, 0.25) is 0 Å². The first kappa shape index (κ1) is 27.0. The van der Waals surface area contributed by atoms with Gasteiger partial charge in [0.25, 0.3) is 5.24 Å². The van der Waals surface area contributed by atoms with Crippen LogP contribution >= 0.6 is 11.6 Å². The van der Waals surface area contributed by atoms with Crippen molar-refractivity contribution in [2.75, 3.05) is 6.61 Å². The van der Waals surface area contributed by atoms with Crippen molar-refractivity contribution in [3.05, 3.63) is 29.8 Å². The van der Waals surface area contributed by atoms with Gasteiger partial charge in [0.15, 0.2) is 0 Å². The largest absolute Gasteiger partial charge is 0.493 e. The van der Waals surface area contributed by atoms with Crippen LogP contribution in [0.25, 0.3) is 0 Å². The number of hydrogen-bond acceptors (Lipinski definition) is 2. The standard InChI is InChI=1S/C27H45ClO2/c1-3-5-7-9-11-12-14-16-18-24(17-15-13-10-8-6-4-2)23-30-26-21-19-25(20-22-26)27(28)29/h19-22,24H,3-18,23H2,1-2H3. The molecule has 3 heteroatoms. The SMILES string of the molecule is CCCCCCCCCCC(CCCCCCCC)COc1ccc(C(=O)Cl)cc1. The van der Waals surface area contributed by atoms with Crippen LogP contribution in [0.5, 0.6) is 5.75 Å². The molecule has 1 atom stereocenters. The zero-order chi connectivity index (χ0) is 21.9. The Kier molecular flexibility index (Phi) is 16.9. The van der Waals surface area contributed by atoms with Crippen LogP contribution in [0.3, 0.4) is 0 Å². The van der Waals surface area contributed by atoms with Gasteiger partial charge in [-0.05, 0) is 54.6 Å². The van der Waals surface area contributed by atoms with Gasteiger partial charge in [0, 0.05) is 5.56 Å². The van der Waals surface area contributed by atoms with E-state index < -0.39 is 5.24 Å². The van der Waals surface area contributed by atoms with E-state index >= 15 is 0 Å². The third-order valence-corrected chi connectivity index (χ3v) is 6.22. The minimum atomic E-state index is -0.419. The molecule has 1 aromatic rings. The lowest BCUT2D eigenvalue weighted by Crippen LogP contribution is -2.12. The number of hydrogen-bond donors (Lipinski definition) is 0. The summed E-state index contributed by atoms with van der Waals surface area (Å²) in [6.45, 7) is 5.32. The Bertz CT molecular complexity index is 526. The zero-order valence-electron chi connectivity index (χ0n) is 19.6. The molecule has 0 aliphatic rings. The first-order valence-electron chi connectivity index (χ1n) is 12.6. The second-order valence-corrected chi connectivity index (χ2v) is 9.14. The average Bonchev–Trinajstić information content (AvgIpc) is 2.75. The summed E-state index contributed by atoms with van der Waals surface area (Å²) < 4.78 is 6.07. The summed E-state index contributed by atoms with van der Waals surface area (Å²) in [5.74, 6) is 1.46. The fraction of sp³-hybridized carbons (Fsp3) is 0.741. The summed E-state index contributed by atoms with van der Waals surface area (Å²) in [6, 6.07) is 7.19. The molecule has 0 bridgehead atoms. The van der Waals surface area contributed by atoms with E-state index in [9.17, 15) is 4.79 Å². The highest BCUT2D eigenvalue weighted by Gasteiger charge is 2.10. The average molecular weight is 437 g/mol. The molecular formula is C27H45ClO2. The Hall–Kier alpha value is -1.02. The smallest absolute Gasteiger partial charge is 0.252 e. The topological polar surface area (TPSA) is 26.3 Å². The molecule has 0 amide bonds. The lowest BCUT2D eigenvalue weighted by atomic mass is 9.94. The molecule has 2 nitrogen and oxygen atoms in total. The van der Waals surface area contributed by atoms with Crippen LogP contribution in [-0.4, -0.2) is 11.8 Å². The van der Waals surface area contributed by atoms with E-state index in [1.54, 1.807) is 12.1 Å². The predicted octanol–water partition coefficient (Wildman–Crippen LogP) is 9.34. The summed E-state index contributed by atoms with van der Waals surface area (Å²) in [7, 11) is 0. The minimum absolute atomic E-state index is 0.419. The first-order valence-corrected chi connectivity index (χ1v) is 13.0. The second kappa shape index (κ2) is 18.7. The molecule has 0 saturated heterocycles. The van der Waals surface area contributed by atoms with Gasteiger partial charge >= 0.3 is 0 Å². The van der Waals surface area contributed by atoms with Crippen molar-refractivity contribution in [3.63, 3.8) is 0 Å². The molecule has 0 saturated carbocycles. The van der Waals surface area contributed by atoms with Gasteiger partial charge in [-0.1, -0.05) is 104 Å². The van der Waals surface area contributed by atoms with Crippen LogP contribution in [0.1, 0.15) is 127 Å². The van der Waals surface area contributed by atoms with Crippen molar-refractivity contribution in [2.24, 2.45) is 5.92 Å². The van der Waals surface area contributed by atoms with E-state index in [1.165, 1.54) is 103 Å². The number of benzene rings is 1. The molecule has 0 aliphatic heterocycles. The number of halogens is 1. The number of unbranched alkanes of at least 4 members (excludes halogenated alkanes) is 12. The highest BCUT2D eigenvalue weighted by Crippen LogP contribution is 2.22. The molecule has 0 N–H and O–H groups in total. The predicted molar refractivity (Wildman–Crippen MR) is 131 cm³/mol. The second-order valence-electron chi connectivity index (χ2n) is 8.80. The van der Waals surface area contributed by atoms with Crippen molar-refractivity contribution in [2.45, 2.75) is 117 Å². The van der Waals surface area contributed by atoms with Gasteiger partial charge in [0.05, 0.1) is 6.61 Å². The summed E-state index contributed by atoms with van der Waals surface area (Å²) in [4.78, 5) is 11.2. The van der Waals surface area contributed by atoms with Crippen molar-refractivity contribution < 1.29 is 9.53 Å². The quantitative estimate of drug-likeness (QED) is 0.150. The van der Waals surface area contributed by atoms with Gasteiger partial charge in [-0.25, -0.2) is 0 Å². The van der Waals surface area contributed by atoms with E-state index in [-0.39, 0.29) is 0 Å². The molecule has 1 unspecified atom stereocenters. The summed E-state index contributed by atoms with van der Waals surface area (Å²) in [5, 5.41) is -0.419. The van der Waals surface area contributed by atoms with Crippen molar-refractivity contribution in [1.29, 1.82) is 0 Å². The highest BCUT2D eigenvalue weighted by atomic mass is 35.5. The van der Waals surface area contributed by atoms with Gasteiger partial charge < -0.3 is 4.74 Å². The van der Waals surface area contributed by atoms with Crippen LogP contribution in [-0.2, 0) is 0 Å². The Labute approximate surface area is 191 Å². The molecule has 1 rings (SSSR count). The first-order chi connectivity index (χ1) is 14.7. The fourth-order valence-corrected chi connectivity index (χ4v) is 4.11. The number of rotatable bonds is 20. The Morgan fingerprint density at radius 1 is 0.733 bits per heavy atom. The molecule has 0 heterocycles. The lowest BCUT2D eigenvalue weighted by Gasteiger charge is -2.18. The Morgan fingerprint density at radius 2 is 1.17 bits per heavy atom. The van der Waals surface area contributed by atoms with Crippen molar-refractivity contribution >= 4 is 16.8 Å². The monoisotopic (exact) mass is 436 g/mol. The number of carbonyl (C=O) groups excluding carboxylic acids is 1. The molecule has 0 fully saturated rings. The maximum Gasteiger partial charge on any atom is 0.252 e. The maximum atomic E-state index is 11.2. The highest BCUT2D eigenvalue weighted by molar-refractivity contribution is 6.67. The zero-order valence-corrected chi connectivity index (χ0v) is 20.4. The maximum absolute atomic E-state index is 11.2. The van der Waals surface area contributed by atoms with E-state index in [4.69, 9.17) is 16.3 Å². The normalized spacial score (nSPS) is 12.1. The number of ether oxygens (including phenoxy) is 1. The van der Waals surface area contributed by atoms with E-state index in [1.807, 2.05) is 12.1 Å². The molecule has 172 valence electrons. The summed E-state index contributed by atoms with van der Waals surface area (Å²) in [5.41, 5.74) is 0.520. The van der Waals surface area contributed by atoms with E-state index in [2.05, 4.69) is 13.8 Å². The Balaban J connectivity index is 2.32. The molecule has 1 aromatic carbocycles. The third kappa shape index (κ3) is 14.1. The van der Waals surface area contributed by atoms with Crippen LogP contribution in [0, 0.1) is 5.92 Å². The van der Waals surface area contributed by atoms with Crippen LogP contribution in [0.15, 0.2) is 24.3 Å². The van der Waals surface area contributed by atoms with Crippen molar-refractivity contribution in [1.82, 2.24) is 0 Å². The summed E-state index contributed by atoms with van der Waals surface area (Å²) >= 11 is 5.52. The molecule has 0 spiro atoms. The van der Waals surface area contributed by atoms with E-state index in [0.29, 0.717) is 11.5 Å². The van der Waals surface area contributed by atoms with Gasteiger partial charge in [0.1, 0.15) is 5.75 Å². The molecular weight excluding hydrogens is 392 g/mol. The Morgan fingerprint density at radius 3 is 1.60 bits per heavy atom. The lowest BCUT2D eigenvalue weighted by molar-refractivity contribution is 0.108. The third-order valence-electron chi connectivity index (χ3n) is 6.00. The van der Waals surface area contributed by atoms with E-state index in [0.717, 1.165) is 12.4 Å². The molecule has 0 radical (unpaired) electrons. The van der Waals surface area contributed by atoms with Gasteiger partial charge in [-0.2, -0.15) is 0 Å². The molecule has 0 aliphatic carbocycles. The molecule has 0 aromatic heterocycles. The van der Waals surface area contributed by atoms with Gasteiger partial charge in [-0.3, -0.25) is 4.79 Å². The number of carbonyl (C=O) groups is 1. The molecule has 30 heavy (non-hydrogen) atoms. The summed E-state index contributed by atoms with van der Waals surface area (Å²) in [6.07, 6.45) is 21.6.